The molecule has 1 aromatic rings. The van der Waals surface area contributed by atoms with Crippen molar-refractivity contribution < 1.29 is 18.9 Å². The predicted octanol–water partition coefficient (Wildman–Crippen LogP) is 2.39. The standard InChI is InChI=1S/C14H19BrO4/c1-16-12-8-18-14(19-9-13(12)17-2)7-10-5-3-4-6-11(10)15/h3-6,12-14H,7-9H2,1-2H3/t12-,13?,14?/m0/s1. The number of halogens is 1. The molecule has 0 radical (unpaired) electrons. The predicted molar refractivity (Wildman–Crippen MR) is 75.1 cm³/mol. The maximum atomic E-state index is 5.75. The lowest BCUT2D eigenvalue weighted by Gasteiger charge is -2.20. The summed E-state index contributed by atoms with van der Waals surface area (Å²) in [5.41, 5.74) is 1.16. The molecule has 1 aromatic carbocycles. The molecule has 1 heterocycles. The third-order valence-electron chi connectivity index (χ3n) is 3.26. The molecule has 0 aliphatic carbocycles. The smallest absolute Gasteiger partial charge is 0.161 e. The van der Waals surface area contributed by atoms with Gasteiger partial charge in [-0.3, -0.25) is 0 Å². The van der Waals surface area contributed by atoms with E-state index in [1.807, 2.05) is 18.2 Å². The van der Waals surface area contributed by atoms with Gasteiger partial charge in [0.15, 0.2) is 6.29 Å². The largest absolute Gasteiger partial charge is 0.376 e. The zero-order valence-electron chi connectivity index (χ0n) is 11.2. The van der Waals surface area contributed by atoms with Crippen molar-refractivity contribution >= 4 is 15.9 Å². The number of ether oxygens (including phenoxy) is 4. The molecule has 2 unspecified atom stereocenters. The summed E-state index contributed by atoms with van der Waals surface area (Å²) in [7, 11) is 3.32. The number of rotatable bonds is 4. The summed E-state index contributed by atoms with van der Waals surface area (Å²) in [5.74, 6) is 0. The van der Waals surface area contributed by atoms with E-state index in [-0.39, 0.29) is 18.5 Å². The van der Waals surface area contributed by atoms with Gasteiger partial charge in [0.2, 0.25) is 0 Å². The molecule has 5 heteroatoms. The van der Waals surface area contributed by atoms with Crippen LogP contribution in [0.25, 0.3) is 0 Å². The molecule has 0 amide bonds. The molecule has 1 saturated heterocycles. The Balaban J connectivity index is 1.97. The maximum absolute atomic E-state index is 5.75. The average Bonchev–Trinajstić information content (AvgIpc) is 2.63. The van der Waals surface area contributed by atoms with Crippen LogP contribution in [0.3, 0.4) is 0 Å². The fourth-order valence-electron chi connectivity index (χ4n) is 2.07. The Hall–Kier alpha value is -0.460. The molecular weight excluding hydrogens is 312 g/mol. The summed E-state index contributed by atoms with van der Waals surface area (Å²) < 4.78 is 23.3. The van der Waals surface area contributed by atoms with Gasteiger partial charge in [0.05, 0.1) is 13.2 Å². The first kappa shape index (κ1) is 14.9. The van der Waals surface area contributed by atoms with Crippen molar-refractivity contribution in [1.29, 1.82) is 0 Å². The zero-order chi connectivity index (χ0) is 13.7. The first-order chi connectivity index (χ1) is 9.24. The van der Waals surface area contributed by atoms with E-state index in [1.165, 1.54) is 0 Å². The molecule has 1 aliphatic rings. The van der Waals surface area contributed by atoms with Gasteiger partial charge in [-0.1, -0.05) is 34.1 Å². The molecule has 3 atom stereocenters. The lowest BCUT2D eigenvalue weighted by molar-refractivity contribution is -0.133. The summed E-state index contributed by atoms with van der Waals surface area (Å²) >= 11 is 3.53. The van der Waals surface area contributed by atoms with Crippen molar-refractivity contribution in [3.63, 3.8) is 0 Å². The topological polar surface area (TPSA) is 36.9 Å². The molecule has 1 aliphatic heterocycles. The van der Waals surface area contributed by atoms with Gasteiger partial charge in [-0.15, -0.1) is 0 Å². The molecule has 4 nitrogen and oxygen atoms in total. The highest BCUT2D eigenvalue weighted by Crippen LogP contribution is 2.21. The number of methoxy groups -OCH3 is 2. The molecule has 2 rings (SSSR count). The molecule has 19 heavy (non-hydrogen) atoms. The first-order valence-corrected chi connectivity index (χ1v) is 7.06. The Morgan fingerprint density at radius 3 is 2.21 bits per heavy atom. The molecule has 0 saturated carbocycles. The van der Waals surface area contributed by atoms with Crippen molar-refractivity contribution in [2.24, 2.45) is 0 Å². The van der Waals surface area contributed by atoms with Gasteiger partial charge in [-0.05, 0) is 11.6 Å². The Kier molecular flexibility index (Phi) is 5.78. The number of hydrogen-bond acceptors (Lipinski definition) is 4. The van der Waals surface area contributed by atoms with Gasteiger partial charge in [0.1, 0.15) is 12.2 Å². The van der Waals surface area contributed by atoms with Gasteiger partial charge in [-0.25, -0.2) is 0 Å². The Morgan fingerprint density at radius 2 is 1.68 bits per heavy atom. The van der Waals surface area contributed by atoms with E-state index in [0.717, 1.165) is 10.0 Å². The third-order valence-corrected chi connectivity index (χ3v) is 4.03. The minimum Gasteiger partial charge on any atom is -0.376 e. The van der Waals surface area contributed by atoms with E-state index < -0.39 is 0 Å². The fourth-order valence-corrected chi connectivity index (χ4v) is 2.51. The van der Waals surface area contributed by atoms with E-state index in [4.69, 9.17) is 18.9 Å². The SMILES string of the molecule is COC1COC(Cc2ccccc2Br)OC[C@@H]1OC. The van der Waals surface area contributed by atoms with Crippen LogP contribution in [0.4, 0.5) is 0 Å². The molecular formula is C14H19BrO4. The van der Waals surface area contributed by atoms with Gasteiger partial charge in [0.25, 0.3) is 0 Å². The highest BCUT2D eigenvalue weighted by atomic mass is 79.9. The van der Waals surface area contributed by atoms with E-state index >= 15 is 0 Å². The number of hydrogen-bond donors (Lipinski definition) is 0. The van der Waals surface area contributed by atoms with Crippen LogP contribution in [-0.4, -0.2) is 45.9 Å². The van der Waals surface area contributed by atoms with Crippen LogP contribution >= 0.6 is 15.9 Å². The van der Waals surface area contributed by atoms with Crippen LogP contribution in [0, 0.1) is 0 Å². The second-order valence-electron chi connectivity index (χ2n) is 4.44. The molecule has 0 spiro atoms. The van der Waals surface area contributed by atoms with Crippen LogP contribution in [-0.2, 0) is 25.4 Å². The first-order valence-electron chi connectivity index (χ1n) is 6.26. The van der Waals surface area contributed by atoms with Crippen molar-refractivity contribution in [2.75, 3.05) is 27.4 Å². The Labute approximate surface area is 122 Å². The Morgan fingerprint density at radius 1 is 1.11 bits per heavy atom. The van der Waals surface area contributed by atoms with E-state index in [1.54, 1.807) is 14.2 Å². The second-order valence-corrected chi connectivity index (χ2v) is 5.29. The highest BCUT2D eigenvalue weighted by molar-refractivity contribution is 9.10. The van der Waals surface area contributed by atoms with Crippen LogP contribution in [0.15, 0.2) is 28.7 Å². The summed E-state index contributed by atoms with van der Waals surface area (Å²) in [6.07, 6.45) is 0.258. The zero-order valence-corrected chi connectivity index (χ0v) is 12.8. The second kappa shape index (κ2) is 7.36. The van der Waals surface area contributed by atoms with Gasteiger partial charge >= 0.3 is 0 Å². The van der Waals surface area contributed by atoms with Crippen molar-refractivity contribution in [3.8, 4) is 0 Å². The lowest BCUT2D eigenvalue weighted by atomic mass is 10.1. The monoisotopic (exact) mass is 330 g/mol. The fraction of sp³-hybridized carbons (Fsp3) is 0.571. The molecule has 0 bridgehead atoms. The third kappa shape index (κ3) is 4.00. The Bertz CT molecular complexity index is 385. The summed E-state index contributed by atoms with van der Waals surface area (Å²) in [5, 5.41) is 0. The molecule has 106 valence electrons. The van der Waals surface area contributed by atoms with Gasteiger partial charge < -0.3 is 18.9 Å². The van der Waals surface area contributed by atoms with E-state index in [9.17, 15) is 0 Å². The van der Waals surface area contributed by atoms with E-state index in [2.05, 4.69) is 22.0 Å². The lowest BCUT2D eigenvalue weighted by Crippen LogP contribution is -2.34. The van der Waals surface area contributed by atoms with Crippen molar-refractivity contribution in [2.45, 2.75) is 24.9 Å². The van der Waals surface area contributed by atoms with Gasteiger partial charge in [0, 0.05) is 25.1 Å². The van der Waals surface area contributed by atoms with Crippen molar-refractivity contribution in [3.05, 3.63) is 34.3 Å². The number of benzene rings is 1. The van der Waals surface area contributed by atoms with E-state index in [0.29, 0.717) is 19.6 Å². The van der Waals surface area contributed by atoms with Crippen molar-refractivity contribution in [1.82, 2.24) is 0 Å². The van der Waals surface area contributed by atoms with Gasteiger partial charge in [-0.2, -0.15) is 0 Å². The molecule has 0 aromatic heterocycles. The molecule has 1 fully saturated rings. The maximum Gasteiger partial charge on any atom is 0.161 e. The minimum atomic E-state index is -0.267. The van der Waals surface area contributed by atoms with Crippen LogP contribution in [0.5, 0.6) is 0 Å². The van der Waals surface area contributed by atoms with Crippen LogP contribution < -0.4 is 0 Å². The summed E-state index contributed by atoms with van der Waals surface area (Å²) in [6.45, 7) is 0.953. The molecule has 0 N–H and O–H groups in total. The van der Waals surface area contributed by atoms with Crippen LogP contribution in [0.2, 0.25) is 0 Å². The highest BCUT2D eigenvalue weighted by Gasteiger charge is 2.28. The average molecular weight is 331 g/mol. The summed E-state index contributed by atoms with van der Waals surface area (Å²) in [6, 6.07) is 8.07. The normalized spacial score (nSPS) is 28.1. The minimum absolute atomic E-state index is 0.0887. The van der Waals surface area contributed by atoms with Crippen LogP contribution in [0.1, 0.15) is 5.56 Å². The quantitative estimate of drug-likeness (QED) is 0.849. The summed E-state index contributed by atoms with van der Waals surface area (Å²) in [4.78, 5) is 0.